The molecule has 1 atom stereocenters. The lowest BCUT2D eigenvalue weighted by Crippen LogP contribution is -2.34. The van der Waals surface area contributed by atoms with Crippen LogP contribution >= 0.6 is 0 Å². The van der Waals surface area contributed by atoms with Crippen molar-refractivity contribution in [2.45, 2.75) is 26.9 Å². The van der Waals surface area contributed by atoms with E-state index in [-0.39, 0.29) is 6.10 Å². The highest BCUT2D eigenvalue weighted by molar-refractivity contribution is 5.85. The molecule has 2 aromatic rings. The molecule has 0 spiro atoms. The van der Waals surface area contributed by atoms with Gasteiger partial charge in [0, 0.05) is 29.4 Å². The molecule has 0 saturated carbocycles. The van der Waals surface area contributed by atoms with Crippen molar-refractivity contribution in [3.8, 4) is 5.75 Å². The molecule has 2 heterocycles. The maximum atomic E-state index is 10.1. The second-order valence-electron chi connectivity index (χ2n) is 4.87. The van der Waals surface area contributed by atoms with Crippen LogP contribution in [0.3, 0.4) is 0 Å². The summed E-state index contributed by atoms with van der Waals surface area (Å²) in [7, 11) is 0. The predicted molar refractivity (Wildman–Crippen MR) is 69.9 cm³/mol. The van der Waals surface area contributed by atoms with Gasteiger partial charge >= 0.3 is 0 Å². The first-order chi connectivity index (χ1) is 8.56. The van der Waals surface area contributed by atoms with E-state index in [2.05, 4.69) is 0 Å². The standard InChI is InChI=1S/C15H16NO2/c1-9-6-10(2)16(17)14-7-12-5-4-11(3)18-15(12)8-13(9)14/h4-8,11,17H,1-3H3/q+1. The van der Waals surface area contributed by atoms with E-state index < -0.39 is 0 Å². The average Bonchev–Trinajstić information content (AvgIpc) is 2.34. The third kappa shape index (κ3) is 1.55. The lowest BCUT2D eigenvalue weighted by molar-refractivity contribution is -0.888. The molecular formula is C15H16NO2+. The van der Waals surface area contributed by atoms with E-state index in [1.165, 1.54) is 4.73 Å². The molecule has 0 amide bonds. The first-order valence-electron chi connectivity index (χ1n) is 6.10. The summed E-state index contributed by atoms with van der Waals surface area (Å²) in [5.41, 5.74) is 3.79. The van der Waals surface area contributed by atoms with E-state index >= 15 is 0 Å². The third-order valence-electron chi connectivity index (χ3n) is 3.40. The Bertz CT molecular complexity index is 674. The normalized spacial score (nSPS) is 17.6. The van der Waals surface area contributed by atoms with E-state index in [0.29, 0.717) is 0 Å². The number of hydrogen-bond acceptors (Lipinski definition) is 2. The Labute approximate surface area is 106 Å². The molecule has 3 heteroatoms. The van der Waals surface area contributed by atoms with Gasteiger partial charge in [-0.2, -0.15) is 0 Å². The number of aromatic nitrogens is 1. The van der Waals surface area contributed by atoms with Crippen LogP contribution in [0, 0.1) is 13.8 Å². The van der Waals surface area contributed by atoms with Gasteiger partial charge in [0.2, 0.25) is 5.69 Å². The zero-order valence-electron chi connectivity index (χ0n) is 10.8. The van der Waals surface area contributed by atoms with Crippen molar-refractivity contribution in [2.75, 3.05) is 0 Å². The summed E-state index contributed by atoms with van der Waals surface area (Å²) in [5.74, 6) is 0.879. The fourth-order valence-corrected chi connectivity index (χ4v) is 2.43. The van der Waals surface area contributed by atoms with E-state index in [9.17, 15) is 5.21 Å². The summed E-state index contributed by atoms with van der Waals surface area (Å²) < 4.78 is 7.02. The van der Waals surface area contributed by atoms with Crippen LogP contribution in [0.5, 0.6) is 5.75 Å². The molecule has 18 heavy (non-hydrogen) atoms. The SMILES string of the molecule is Cc1cc(C)[n+](O)c2cc3c(cc12)OC(C)C=C3. The number of ether oxygens (including phenoxy) is 1. The smallest absolute Gasteiger partial charge is 0.265 e. The Kier molecular flexibility index (Phi) is 2.30. The van der Waals surface area contributed by atoms with Gasteiger partial charge < -0.3 is 4.74 Å². The Morgan fingerprint density at radius 2 is 2.00 bits per heavy atom. The van der Waals surface area contributed by atoms with Gasteiger partial charge in [0.05, 0.1) is 5.39 Å². The number of hydrogen-bond donors (Lipinski definition) is 1. The lowest BCUT2D eigenvalue weighted by Gasteiger charge is -2.18. The summed E-state index contributed by atoms with van der Waals surface area (Å²) >= 11 is 0. The summed E-state index contributed by atoms with van der Waals surface area (Å²) in [6.45, 7) is 5.95. The molecule has 92 valence electrons. The van der Waals surface area contributed by atoms with E-state index in [1.807, 2.05) is 51.1 Å². The van der Waals surface area contributed by atoms with Crippen molar-refractivity contribution in [3.05, 3.63) is 41.1 Å². The van der Waals surface area contributed by atoms with Crippen LogP contribution in [-0.4, -0.2) is 11.3 Å². The summed E-state index contributed by atoms with van der Waals surface area (Å²) in [4.78, 5) is 0. The predicted octanol–water partition coefficient (Wildman–Crippen LogP) is 2.78. The van der Waals surface area contributed by atoms with Gasteiger partial charge in [-0.25, -0.2) is 0 Å². The van der Waals surface area contributed by atoms with Crippen LogP contribution in [0.4, 0.5) is 0 Å². The zero-order valence-corrected chi connectivity index (χ0v) is 10.8. The van der Waals surface area contributed by atoms with E-state index in [4.69, 9.17) is 4.74 Å². The van der Waals surface area contributed by atoms with Gasteiger partial charge in [0.25, 0.3) is 5.52 Å². The molecule has 3 nitrogen and oxygen atoms in total. The first kappa shape index (κ1) is 11.1. The fraction of sp³-hybridized carbons (Fsp3) is 0.267. The highest BCUT2D eigenvalue weighted by Crippen LogP contribution is 2.31. The highest BCUT2D eigenvalue weighted by atomic mass is 16.5. The van der Waals surface area contributed by atoms with Gasteiger partial charge in [-0.15, -0.1) is 0 Å². The second kappa shape index (κ2) is 3.73. The van der Waals surface area contributed by atoms with Crippen molar-refractivity contribution in [3.63, 3.8) is 0 Å². The molecule has 0 bridgehead atoms. The van der Waals surface area contributed by atoms with Crippen LogP contribution < -0.4 is 9.47 Å². The Morgan fingerprint density at radius 1 is 1.22 bits per heavy atom. The van der Waals surface area contributed by atoms with Crippen molar-refractivity contribution in [1.29, 1.82) is 0 Å². The van der Waals surface area contributed by atoms with Crippen LogP contribution in [0.25, 0.3) is 17.0 Å². The molecule has 1 unspecified atom stereocenters. The molecule has 1 aromatic carbocycles. The minimum absolute atomic E-state index is 0.0990. The largest absolute Gasteiger partial charge is 0.486 e. The number of rotatable bonds is 0. The summed E-state index contributed by atoms with van der Waals surface area (Å²) in [6.07, 6.45) is 4.15. The molecule has 0 aliphatic carbocycles. The molecule has 3 rings (SSSR count). The minimum atomic E-state index is 0.0990. The van der Waals surface area contributed by atoms with Crippen LogP contribution in [0.2, 0.25) is 0 Å². The number of nitrogens with zero attached hydrogens (tertiary/aromatic N) is 1. The number of aryl methyl sites for hydroxylation is 2. The maximum absolute atomic E-state index is 10.1. The molecule has 0 saturated heterocycles. The lowest BCUT2D eigenvalue weighted by atomic mass is 10.0. The molecule has 1 aliphatic rings. The second-order valence-corrected chi connectivity index (χ2v) is 4.87. The summed E-state index contributed by atoms with van der Waals surface area (Å²) in [5, 5.41) is 11.1. The Hall–Kier alpha value is -2.03. The molecular weight excluding hydrogens is 226 g/mol. The molecule has 0 fully saturated rings. The molecule has 1 N–H and O–H groups in total. The van der Waals surface area contributed by atoms with Gasteiger partial charge in [-0.05, 0) is 31.6 Å². The van der Waals surface area contributed by atoms with Crippen LogP contribution in [-0.2, 0) is 0 Å². The number of fused-ring (bicyclic) bond motifs is 2. The van der Waals surface area contributed by atoms with Crippen molar-refractivity contribution in [2.24, 2.45) is 0 Å². The van der Waals surface area contributed by atoms with Crippen molar-refractivity contribution >= 4 is 17.0 Å². The van der Waals surface area contributed by atoms with E-state index in [1.54, 1.807) is 0 Å². The van der Waals surface area contributed by atoms with Gasteiger partial charge in [0.1, 0.15) is 11.9 Å². The zero-order chi connectivity index (χ0) is 12.9. The highest BCUT2D eigenvalue weighted by Gasteiger charge is 2.20. The quantitative estimate of drug-likeness (QED) is 0.569. The summed E-state index contributed by atoms with van der Waals surface area (Å²) in [6, 6.07) is 5.94. The Morgan fingerprint density at radius 3 is 2.78 bits per heavy atom. The van der Waals surface area contributed by atoms with E-state index in [0.717, 1.165) is 33.5 Å². The average molecular weight is 242 g/mol. The maximum Gasteiger partial charge on any atom is 0.265 e. The molecule has 1 aliphatic heterocycles. The Balaban J connectivity index is 2.36. The van der Waals surface area contributed by atoms with Gasteiger partial charge in [0.15, 0.2) is 0 Å². The monoisotopic (exact) mass is 242 g/mol. The van der Waals surface area contributed by atoms with Gasteiger partial charge in [-0.1, -0.05) is 6.08 Å². The fourth-order valence-electron chi connectivity index (χ4n) is 2.43. The molecule has 0 radical (unpaired) electrons. The topological polar surface area (TPSA) is 33.3 Å². The van der Waals surface area contributed by atoms with Crippen LogP contribution in [0.1, 0.15) is 23.7 Å². The first-order valence-corrected chi connectivity index (χ1v) is 6.10. The van der Waals surface area contributed by atoms with Crippen LogP contribution in [0.15, 0.2) is 24.3 Å². The molecule has 1 aromatic heterocycles. The third-order valence-corrected chi connectivity index (χ3v) is 3.40. The minimum Gasteiger partial charge on any atom is -0.486 e. The van der Waals surface area contributed by atoms with Gasteiger partial charge in [-0.3, -0.25) is 5.21 Å². The van der Waals surface area contributed by atoms with Crippen molar-refractivity contribution < 1.29 is 14.7 Å². The number of pyridine rings is 1. The van der Waals surface area contributed by atoms with Crippen molar-refractivity contribution in [1.82, 2.24) is 0 Å². The number of benzene rings is 1.